The van der Waals surface area contributed by atoms with E-state index in [2.05, 4.69) is 30.1 Å². The van der Waals surface area contributed by atoms with Gasteiger partial charge in [-0.1, -0.05) is 41.7 Å². The first-order valence-electron chi connectivity index (χ1n) is 18.9. The van der Waals surface area contributed by atoms with Crippen LogP contribution < -0.4 is 20.3 Å². The van der Waals surface area contributed by atoms with E-state index in [-0.39, 0.29) is 34.9 Å². The predicted molar refractivity (Wildman–Crippen MR) is 228 cm³/mol. The number of nitrogens with zero attached hydrogens (tertiary/aromatic N) is 4. The van der Waals surface area contributed by atoms with Gasteiger partial charge in [-0.15, -0.1) is 23.1 Å². The standard InChI is InChI=1S/C41H41F2N7O4S4/c42-28-9-11-37-38(21-28)57-40(47-37)48-39(51)33-8-4-5-27-13-16-50(24-34(27)33)41-46-30(26-56-41)23-44-58(52,53)32-10-12-36(35(43)22-32)45-29(14-15-49-17-19-54-20-18-49)25-55-31-6-2-1-3-7-31/h1-12,21-22,26,29,44-45H,13-20,23-25H2,(H,47,48,51)/t29-/m0/s1. The number of hydrogen-bond acceptors (Lipinski definition) is 12. The normalized spacial score (nSPS) is 15.3. The number of carbonyl (C=O) groups excluding carboxylic acids is 1. The summed E-state index contributed by atoms with van der Waals surface area (Å²) in [4.78, 5) is 28.0. The fourth-order valence-electron chi connectivity index (χ4n) is 6.92. The molecule has 4 heterocycles. The second kappa shape index (κ2) is 18.2. The molecule has 1 fully saturated rings. The van der Waals surface area contributed by atoms with E-state index in [0.717, 1.165) is 48.1 Å². The molecule has 8 rings (SSSR count). The van der Waals surface area contributed by atoms with Gasteiger partial charge in [0.05, 0.1) is 46.3 Å². The molecular formula is C41H41F2N7O4S4. The van der Waals surface area contributed by atoms with E-state index in [9.17, 15) is 17.6 Å². The van der Waals surface area contributed by atoms with E-state index < -0.39 is 15.8 Å². The number of anilines is 3. The lowest BCUT2D eigenvalue weighted by molar-refractivity contribution is 0.0370. The van der Waals surface area contributed by atoms with Gasteiger partial charge in [0.25, 0.3) is 5.91 Å². The Morgan fingerprint density at radius 3 is 2.64 bits per heavy atom. The van der Waals surface area contributed by atoms with Crippen LogP contribution in [0.1, 0.15) is 33.6 Å². The smallest absolute Gasteiger partial charge is 0.257 e. The van der Waals surface area contributed by atoms with Gasteiger partial charge in [0.2, 0.25) is 10.0 Å². The molecule has 2 aromatic heterocycles. The number of ether oxygens (including phenoxy) is 1. The van der Waals surface area contributed by atoms with Crippen LogP contribution >= 0.6 is 34.4 Å². The van der Waals surface area contributed by atoms with Crippen molar-refractivity contribution in [3.05, 3.63) is 124 Å². The lowest BCUT2D eigenvalue weighted by Crippen LogP contribution is -2.39. The van der Waals surface area contributed by atoms with Crippen molar-refractivity contribution in [3.63, 3.8) is 0 Å². The van der Waals surface area contributed by atoms with Gasteiger partial charge in [0.1, 0.15) is 11.6 Å². The van der Waals surface area contributed by atoms with E-state index in [1.807, 2.05) is 42.5 Å². The molecule has 17 heteroatoms. The summed E-state index contributed by atoms with van der Waals surface area (Å²) in [5.74, 6) is -0.607. The zero-order chi connectivity index (χ0) is 40.1. The van der Waals surface area contributed by atoms with Gasteiger partial charge in [-0.25, -0.2) is 31.9 Å². The SMILES string of the molecule is O=C(Nc1nc2ccc(F)cc2s1)c1cccc2c1CN(c1nc(CNS(=O)(=O)c3ccc(N[C@@H](CCN4CCOCC4)CSc4ccccc4)c(F)c3)cs1)CC2. The largest absolute Gasteiger partial charge is 0.379 e. The van der Waals surface area contributed by atoms with Crippen molar-refractivity contribution in [2.75, 3.05) is 60.7 Å². The third kappa shape index (κ3) is 9.85. The number of nitrogens with one attached hydrogen (secondary N) is 3. The van der Waals surface area contributed by atoms with Crippen LogP contribution in [0, 0.1) is 11.6 Å². The Morgan fingerprint density at radius 2 is 1.81 bits per heavy atom. The first kappa shape index (κ1) is 40.3. The highest BCUT2D eigenvalue weighted by Crippen LogP contribution is 2.32. The van der Waals surface area contributed by atoms with Crippen LogP contribution in [0.15, 0.2) is 100 Å². The summed E-state index contributed by atoms with van der Waals surface area (Å²) >= 11 is 4.29. The first-order valence-corrected chi connectivity index (χ1v) is 23.0. The molecule has 2 aliphatic heterocycles. The van der Waals surface area contributed by atoms with Crippen LogP contribution in [0.3, 0.4) is 0 Å². The minimum absolute atomic E-state index is 0.0586. The Balaban J connectivity index is 0.886. The molecule has 0 aliphatic carbocycles. The summed E-state index contributed by atoms with van der Waals surface area (Å²) in [7, 11) is -4.06. The van der Waals surface area contributed by atoms with E-state index in [4.69, 9.17) is 9.72 Å². The van der Waals surface area contributed by atoms with Gasteiger partial charge in [-0.3, -0.25) is 15.0 Å². The summed E-state index contributed by atoms with van der Waals surface area (Å²) in [6, 6.07) is 23.9. The Morgan fingerprint density at radius 1 is 0.966 bits per heavy atom. The molecule has 0 unspecified atom stereocenters. The van der Waals surface area contributed by atoms with E-state index in [0.29, 0.717) is 70.2 Å². The highest BCUT2D eigenvalue weighted by Gasteiger charge is 2.25. The minimum Gasteiger partial charge on any atom is -0.379 e. The molecule has 4 aromatic carbocycles. The summed E-state index contributed by atoms with van der Waals surface area (Å²) in [6.07, 6.45) is 1.47. The quantitative estimate of drug-likeness (QED) is 0.0888. The first-order chi connectivity index (χ1) is 28.2. The third-order valence-electron chi connectivity index (χ3n) is 10.0. The van der Waals surface area contributed by atoms with Crippen molar-refractivity contribution >= 4 is 76.5 Å². The zero-order valence-corrected chi connectivity index (χ0v) is 34.6. The van der Waals surface area contributed by atoms with Crippen molar-refractivity contribution in [3.8, 4) is 0 Å². The second-order valence-electron chi connectivity index (χ2n) is 14.0. The molecule has 1 amide bonds. The highest BCUT2D eigenvalue weighted by atomic mass is 32.2. The van der Waals surface area contributed by atoms with E-state index >= 15 is 4.39 Å². The molecule has 1 atom stereocenters. The summed E-state index contributed by atoms with van der Waals surface area (Å²) < 4.78 is 64.7. The molecule has 3 N–H and O–H groups in total. The number of fused-ring (bicyclic) bond motifs is 2. The average Bonchev–Trinajstić information content (AvgIpc) is 3.88. The molecule has 58 heavy (non-hydrogen) atoms. The number of aromatic nitrogens is 2. The van der Waals surface area contributed by atoms with Crippen molar-refractivity contribution in [2.45, 2.75) is 41.8 Å². The van der Waals surface area contributed by atoms with Gasteiger partial charge in [-0.2, -0.15) is 0 Å². The van der Waals surface area contributed by atoms with Crippen LogP contribution in [-0.2, 0) is 34.3 Å². The van der Waals surface area contributed by atoms with Gasteiger partial charge < -0.3 is 15.0 Å². The van der Waals surface area contributed by atoms with E-state index in [1.54, 1.807) is 29.3 Å². The number of benzene rings is 4. The van der Waals surface area contributed by atoms with Crippen molar-refractivity contribution < 1.29 is 26.7 Å². The lowest BCUT2D eigenvalue weighted by atomic mass is 9.94. The van der Waals surface area contributed by atoms with Gasteiger partial charge >= 0.3 is 0 Å². The van der Waals surface area contributed by atoms with Gasteiger partial charge in [0.15, 0.2) is 10.3 Å². The maximum atomic E-state index is 15.6. The number of thiazole rings is 2. The summed E-state index contributed by atoms with van der Waals surface area (Å²) in [6.45, 7) is 4.99. The Bertz CT molecular complexity index is 2500. The molecule has 0 bridgehead atoms. The average molecular weight is 862 g/mol. The number of amides is 1. The van der Waals surface area contributed by atoms with Crippen LogP contribution in [0.5, 0.6) is 0 Å². The number of carbonyl (C=O) groups is 1. The monoisotopic (exact) mass is 861 g/mol. The summed E-state index contributed by atoms with van der Waals surface area (Å²) in [5.41, 5.74) is 3.82. The van der Waals surface area contributed by atoms with Gasteiger partial charge in [0, 0.05) is 60.4 Å². The van der Waals surface area contributed by atoms with Crippen LogP contribution in [0.4, 0.5) is 24.7 Å². The lowest BCUT2D eigenvalue weighted by Gasteiger charge is -2.29. The Kier molecular flexibility index (Phi) is 12.6. The Hall–Kier alpha value is -4.49. The molecule has 302 valence electrons. The van der Waals surface area contributed by atoms with Crippen LogP contribution in [0.25, 0.3) is 10.2 Å². The molecule has 0 saturated carbocycles. The number of rotatable bonds is 15. The third-order valence-corrected chi connectivity index (χ3v) is 14.5. The van der Waals surface area contributed by atoms with Crippen LogP contribution in [-0.4, -0.2) is 80.4 Å². The molecule has 11 nitrogen and oxygen atoms in total. The highest BCUT2D eigenvalue weighted by molar-refractivity contribution is 7.99. The minimum atomic E-state index is -4.06. The molecule has 6 aromatic rings. The topological polar surface area (TPSA) is 129 Å². The second-order valence-corrected chi connectivity index (χ2v) is 18.7. The number of morpholine rings is 1. The molecular weight excluding hydrogens is 821 g/mol. The summed E-state index contributed by atoms with van der Waals surface area (Å²) in [5, 5.41) is 9.09. The number of halogens is 2. The molecule has 2 aliphatic rings. The predicted octanol–water partition coefficient (Wildman–Crippen LogP) is 7.62. The van der Waals surface area contributed by atoms with Crippen molar-refractivity contribution in [1.29, 1.82) is 0 Å². The zero-order valence-electron chi connectivity index (χ0n) is 31.3. The van der Waals surface area contributed by atoms with Crippen LogP contribution in [0.2, 0.25) is 0 Å². The van der Waals surface area contributed by atoms with Crippen molar-refractivity contribution in [1.82, 2.24) is 19.6 Å². The maximum absolute atomic E-state index is 15.6. The maximum Gasteiger partial charge on any atom is 0.257 e. The Labute approximate surface area is 347 Å². The van der Waals surface area contributed by atoms with Crippen molar-refractivity contribution in [2.24, 2.45) is 0 Å². The molecule has 0 radical (unpaired) electrons. The number of thioether (sulfide) groups is 1. The van der Waals surface area contributed by atoms with Gasteiger partial charge in [-0.05, 0) is 78.6 Å². The fraction of sp³-hybridized carbons (Fsp3) is 0.293. The fourth-order valence-corrected chi connectivity index (χ4v) is 10.7. The molecule has 1 saturated heterocycles. The number of hydrogen-bond donors (Lipinski definition) is 3. The van der Waals surface area contributed by atoms with E-state index in [1.165, 1.54) is 46.9 Å². The number of sulfonamides is 1. The molecule has 0 spiro atoms.